The molecule has 380 valence electrons. The first-order valence-electron chi connectivity index (χ1n) is 28.9. The van der Waals surface area contributed by atoms with Crippen molar-refractivity contribution in [2.24, 2.45) is 0 Å². The van der Waals surface area contributed by atoms with Crippen molar-refractivity contribution in [2.75, 3.05) is 13.2 Å². The zero-order chi connectivity index (χ0) is 47.2. The van der Waals surface area contributed by atoms with Gasteiger partial charge in [-0.15, -0.1) is 0 Å². The lowest BCUT2D eigenvalue weighted by Gasteiger charge is -2.20. The lowest BCUT2D eigenvalue weighted by Crippen LogP contribution is -2.43. The van der Waals surface area contributed by atoms with Crippen LogP contribution in [0.5, 0.6) is 17.2 Å². The van der Waals surface area contributed by atoms with Crippen LogP contribution in [-0.4, -0.2) is 25.2 Å². The second-order valence-electron chi connectivity index (χ2n) is 19.8. The molecule has 0 spiro atoms. The lowest BCUT2D eigenvalue weighted by molar-refractivity contribution is -0.701. The number of amides is 1. The number of benzene rings is 1. The van der Waals surface area contributed by atoms with Crippen LogP contribution in [0, 0.1) is 0 Å². The van der Waals surface area contributed by atoms with Crippen LogP contribution >= 0.6 is 0 Å². The van der Waals surface area contributed by atoms with Gasteiger partial charge in [-0.1, -0.05) is 252 Å². The van der Waals surface area contributed by atoms with Gasteiger partial charge >= 0.3 is 0 Å². The summed E-state index contributed by atoms with van der Waals surface area (Å²) >= 11 is 0. The monoisotopic (exact) mass is 920 g/mol. The van der Waals surface area contributed by atoms with Crippen molar-refractivity contribution in [3.63, 3.8) is 0 Å². The van der Waals surface area contributed by atoms with Gasteiger partial charge in [-0.3, -0.25) is 4.79 Å². The molecule has 2 rings (SSSR count). The minimum Gasteiger partial charge on any atom is -0.490 e. The Morgan fingerprint density at radius 1 is 0.470 bits per heavy atom. The zero-order valence-corrected chi connectivity index (χ0v) is 44.1. The summed E-state index contributed by atoms with van der Waals surface area (Å²) in [5.74, 6) is 2.14. The quantitative estimate of drug-likeness (QED) is 0.0531. The highest BCUT2D eigenvalue weighted by atomic mass is 16.5. The van der Waals surface area contributed by atoms with Crippen molar-refractivity contribution >= 4 is 5.91 Å². The topological polar surface area (TPSA) is 60.7 Å². The Kier molecular flexibility index (Phi) is 40.2. The Bertz CT molecular complexity index is 1370. The Balaban J connectivity index is 1.95. The van der Waals surface area contributed by atoms with Crippen molar-refractivity contribution < 1.29 is 23.6 Å². The molecule has 1 unspecified atom stereocenters. The van der Waals surface area contributed by atoms with Gasteiger partial charge in [-0.05, 0) is 44.7 Å². The van der Waals surface area contributed by atoms with Gasteiger partial charge < -0.3 is 19.5 Å². The molecule has 0 fully saturated rings. The van der Waals surface area contributed by atoms with Crippen molar-refractivity contribution in [1.82, 2.24) is 5.32 Å². The molecule has 2 aromatic rings. The maximum absolute atomic E-state index is 13.9. The minimum atomic E-state index is -0.571. The Morgan fingerprint density at radius 3 is 1.29 bits per heavy atom. The molecule has 0 radical (unpaired) electrons. The van der Waals surface area contributed by atoms with E-state index in [9.17, 15) is 4.79 Å². The number of aromatic nitrogens is 1. The third-order valence-corrected chi connectivity index (χ3v) is 13.6. The van der Waals surface area contributed by atoms with E-state index in [1.807, 2.05) is 30.3 Å². The van der Waals surface area contributed by atoms with Crippen LogP contribution in [0.4, 0.5) is 0 Å². The van der Waals surface area contributed by atoms with Gasteiger partial charge in [0.1, 0.15) is 18.8 Å². The number of hydrogen-bond acceptors (Lipinski definition) is 4. The average molecular weight is 921 g/mol. The fourth-order valence-electron chi connectivity index (χ4n) is 9.25. The molecular weight excluding hydrogens is 813 g/mol. The summed E-state index contributed by atoms with van der Waals surface area (Å²) in [6, 6.07) is 12.1. The smallest absolute Gasteiger partial charge is 0.261 e. The molecule has 66 heavy (non-hydrogen) atoms. The molecule has 1 atom stereocenters. The second kappa shape index (κ2) is 44.7. The molecule has 0 aliphatic heterocycles. The number of nitrogens with zero attached hydrogens (tertiary/aromatic N) is 1. The summed E-state index contributed by atoms with van der Waals surface area (Å²) in [5.41, 5.74) is 1.09. The molecule has 0 aliphatic rings. The minimum absolute atomic E-state index is 0.0533. The molecule has 6 nitrogen and oxygen atoms in total. The highest BCUT2D eigenvalue weighted by molar-refractivity contribution is 5.81. The van der Waals surface area contributed by atoms with Crippen LogP contribution in [0.25, 0.3) is 0 Å². The summed E-state index contributed by atoms with van der Waals surface area (Å²) in [7, 11) is 0. The first-order valence-corrected chi connectivity index (χ1v) is 28.9. The number of hydrogen-bond donors (Lipinski definition) is 1. The lowest BCUT2D eigenvalue weighted by atomic mass is 10.0. The van der Waals surface area contributed by atoms with Crippen LogP contribution in [0.15, 0.2) is 42.6 Å². The van der Waals surface area contributed by atoms with Gasteiger partial charge in [0.15, 0.2) is 23.8 Å². The summed E-state index contributed by atoms with van der Waals surface area (Å²) in [4.78, 5) is 13.9. The van der Waals surface area contributed by atoms with Gasteiger partial charge in [0.25, 0.3) is 5.91 Å². The van der Waals surface area contributed by atoms with Crippen LogP contribution < -0.4 is 24.1 Å². The molecule has 1 amide bonds. The van der Waals surface area contributed by atoms with E-state index < -0.39 is 6.10 Å². The predicted molar refractivity (Wildman–Crippen MR) is 283 cm³/mol. The first kappa shape index (κ1) is 59.4. The summed E-state index contributed by atoms with van der Waals surface area (Å²) in [6.07, 6.45) is 52.3. The molecule has 1 N–H and O–H groups in total. The van der Waals surface area contributed by atoms with E-state index in [4.69, 9.17) is 14.2 Å². The van der Waals surface area contributed by atoms with Gasteiger partial charge in [-0.25, -0.2) is 4.57 Å². The van der Waals surface area contributed by atoms with E-state index in [1.165, 1.54) is 218 Å². The van der Waals surface area contributed by atoms with Crippen LogP contribution in [0.3, 0.4) is 0 Å². The van der Waals surface area contributed by atoms with E-state index >= 15 is 0 Å². The molecule has 1 aromatic carbocycles. The van der Waals surface area contributed by atoms with Crippen molar-refractivity contribution in [3.05, 3.63) is 48.3 Å². The van der Waals surface area contributed by atoms with E-state index in [0.29, 0.717) is 31.9 Å². The van der Waals surface area contributed by atoms with E-state index in [1.54, 1.807) is 0 Å². The number of rotatable bonds is 49. The van der Waals surface area contributed by atoms with Crippen LogP contribution in [0.1, 0.15) is 284 Å². The van der Waals surface area contributed by atoms with Gasteiger partial charge in [0.05, 0.1) is 13.2 Å². The predicted octanol–water partition coefficient (Wildman–Crippen LogP) is 18.1. The summed E-state index contributed by atoms with van der Waals surface area (Å²) in [6.45, 7) is 11.7. The average Bonchev–Trinajstić information content (AvgIpc) is 3.33. The number of carbonyl (C=O) groups excluding carboxylic acids is 1. The number of nitrogens with one attached hydrogen (secondary N) is 1. The number of pyridine rings is 1. The Hall–Kier alpha value is -2.76. The van der Waals surface area contributed by atoms with Crippen LogP contribution in [-0.2, 0) is 17.9 Å². The normalized spacial score (nSPS) is 11.8. The van der Waals surface area contributed by atoms with E-state index in [2.05, 4.69) is 49.8 Å². The zero-order valence-electron chi connectivity index (χ0n) is 44.1. The molecular formula is C60H107N2O4+. The molecule has 0 saturated heterocycles. The molecule has 0 aliphatic carbocycles. The maximum atomic E-state index is 13.9. The number of ether oxygens (including phenoxy) is 3. The highest BCUT2D eigenvalue weighted by Crippen LogP contribution is 2.33. The summed E-state index contributed by atoms with van der Waals surface area (Å²) in [5, 5.41) is 3.23. The largest absolute Gasteiger partial charge is 0.490 e. The number of carbonyl (C=O) groups is 1. The van der Waals surface area contributed by atoms with E-state index in [0.717, 1.165) is 49.4 Å². The Labute approximate surface area is 409 Å². The van der Waals surface area contributed by atoms with E-state index in [-0.39, 0.29) is 5.91 Å². The van der Waals surface area contributed by atoms with Crippen LogP contribution in [0.2, 0.25) is 0 Å². The fraction of sp³-hybridized carbons (Fsp3) is 0.800. The Morgan fingerprint density at radius 2 is 0.864 bits per heavy atom. The third kappa shape index (κ3) is 32.9. The van der Waals surface area contributed by atoms with Crippen molar-refractivity contribution in [2.45, 2.75) is 297 Å². The maximum Gasteiger partial charge on any atom is 0.261 e. The fourth-order valence-corrected chi connectivity index (χ4v) is 9.25. The van der Waals surface area contributed by atoms with Crippen molar-refractivity contribution in [1.29, 1.82) is 0 Å². The van der Waals surface area contributed by atoms with Gasteiger partial charge in [0.2, 0.25) is 5.69 Å². The third-order valence-electron chi connectivity index (χ3n) is 13.6. The van der Waals surface area contributed by atoms with Crippen molar-refractivity contribution in [3.8, 4) is 17.2 Å². The van der Waals surface area contributed by atoms with Gasteiger partial charge in [0, 0.05) is 18.2 Å². The molecule has 6 heteroatoms. The first-order chi connectivity index (χ1) is 32.6. The number of unbranched alkanes of at least 4 members (excludes halogenated alkanes) is 35. The summed E-state index contributed by atoms with van der Waals surface area (Å²) < 4.78 is 21.7. The number of aryl methyl sites for hydroxylation is 1. The molecule has 0 bridgehead atoms. The standard InChI is InChI=1S/C60H106N2O4/c1-5-9-12-15-18-21-24-27-28-29-32-35-38-41-47-58(60(63)61-54-55-46-42-43-50-62(55)8-4)66-56-48-49-57(64-51-44-39-36-33-30-25-22-19-16-13-10-6-2)59(53-56)65-52-45-40-37-34-31-26-23-20-17-14-11-7-3/h42-43,46,48-50,53,58H,5-41,44-45,47,51-52,54H2,1-4H3/p+1. The highest BCUT2D eigenvalue weighted by Gasteiger charge is 2.22. The second-order valence-corrected chi connectivity index (χ2v) is 19.8. The molecule has 1 aromatic heterocycles. The molecule has 1 heterocycles. The SMILES string of the molecule is CCCCCCCCCCCCCCCCC(Oc1ccc(OCCCCCCCCCCCCCC)c(OCCCCCCCCCCCCCC)c1)C(=O)NCc1cccc[n+]1CC. The molecule has 0 saturated carbocycles. The van der Waals surface area contributed by atoms with Gasteiger partial charge in [-0.2, -0.15) is 0 Å².